The van der Waals surface area contributed by atoms with Crippen LogP contribution in [0.4, 0.5) is 4.79 Å². The highest BCUT2D eigenvalue weighted by atomic mass is 16.6. The van der Waals surface area contributed by atoms with Crippen LogP contribution in [0.3, 0.4) is 0 Å². The smallest absolute Gasteiger partial charge is 0.410 e. The highest BCUT2D eigenvalue weighted by molar-refractivity contribution is 5.78. The number of unbranched alkanes of at least 4 members (excludes halogenated alkanes) is 5. The number of nitrogens with zero attached hydrogens (tertiary/aromatic N) is 1. The minimum atomic E-state index is -0.448. The Labute approximate surface area is 129 Å². The topological polar surface area (TPSA) is 55.8 Å². The second kappa shape index (κ2) is 13.7. The number of amides is 1. The van der Waals surface area contributed by atoms with Gasteiger partial charge in [0.2, 0.25) is 0 Å². The van der Waals surface area contributed by atoms with Crippen molar-refractivity contribution in [1.82, 2.24) is 4.90 Å². The number of esters is 1. The van der Waals surface area contributed by atoms with E-state index >= 15 is 0 Å². The average Bonchev–Trinajstić information content (AvgIpc) is 2.49. The second-order valence-corrected chi connectivity index (χ2v) is 5.12. The summed E-state index contributed by atoms with van der Waals surface area (Å²) >= 11 is 0. The van der Waals surface area contributed by atoms with E-state index in [0.717, 1.165) is 19.3 Å². The molecule has 0 spiro atoms. The first kappa shape index (κ1) is 19.7. The first-order chi connectivity index (χ1) is 10.2. The monoisotopic (exact) mass is 301 g/mol. The number of carbonyl (C=O) groups is 2. The van der Waals surface area contributed by atoms with Crippen LogP contribution in [0, 0.1) is 0 Å². The van der Waals surface area contributed by atoms with Crippen molar-refractivity contribution >= 4 is 12.1 Å². The molecule has 0 saturated carbocycles. The molecule has 0 N–H and O–H groups in total. The minimum Gasteiger partial charge on any atom is -0.464 e. The zero-order valence-corrected chi connectivity index (χ0v) is 13.9. The van der Waals surface area contributed by atoms with Crippen molar-refractivity contribution < 1.29 is 19.1 Å². The molecule has 0 radical (unpaired) electrons. The average molecular weight is 301 g/mol. The molecule has 0 aliphatic rings. The van der Waals surface area contributed by atoms with Gasteiger partial charge >= 0.3 is 12.1 Å². The third-order valence-corrected chi connectivity index (χ3v) is 3.15. The maximum absolute atomic E-state index is 11.7. The zero-order valence-electron chi connectivity index (χ0n) is 13.9. The summed E-state index contributed by atoms with van der Waals surface area (Å²) in [6.45, 7) is 7.15. The van der Waals surface area contributed by atoms with Gasteiger partial charge in [-0.2, -0.15) is 0 Å². The third-order valence-electron chi connectivity index (χ3n) is 3.15. The van der Waals surface area contributed by atoms with Gasteiger partial charge in [0.25, 0.3) is 0 Å². The van der Waals surface area contributed by atoms with E-state index in [9.17, 15) is 9.59 Å². The highest BCUT2D eigenvalue weighted by Crippen LogP contribution is 2.05. The Morgan fingerprint density at radius 2 is 1.48 bits per heavy atom. The van der Waals surface area contributed by atoms with Crippen LogP contribution in [0.25, 0.3) is 0 Å². The van der Waals surface area contributed by atoms with Crippen molar-refractivity contribution in [2.24, 2.45) is 0 Å². The van der Waals surface area contributed by atoms with E-state index in [4.69, 9.17) is 9.47 Å². The fourth-order valence-electron chi connectivity index (χ4n) is 1.86. The Morgan fingerprint density at radius 3 is 2.10 bits per heavy atom. The van der Waals surface area contributed by atoms with Crippen LogP contribution in [-0.2, 0) is 14.3 Å². The quantitative estimate of drug-likeness (QED) is 0.407. The molecular weight excluding hydrogens is 270 g/mol. The van der Waals surface area contributed by atoms with Gasteiger partial charge in [0.15, 0.2) is 0 Å². The molecule has 0 unspecified atom stereocenters. The van der Waals surface area contributed by atoms with Crippen molar-refractivity contribution in [2.45, 2.75) is 65.7 Å². The van der Waals surface area contributed by atoms with Crippen LogP contribution in [0.5, 0.6) is 0 Å². The van der Waals surface area contributed by atoms with E-state index in [1.807, 2.05) is 13.8 Å². The van der Waals surface area contributed by atoms with Crippen LogP contribution in [0.2, 0.25) is 0 Å². The molecule has 1 amide bonds. The first-order valence-corrected chi connectivity index (χ1v) is 8.22. The zero-order chi connectivity index (χ0) is 15.9. The number of rotatable bonds is 12. The Morgan fingerprint density at radius 1 is 0.810 bits per heavy atom. The molecule has 0 bridgehead atoms. The molecule has 0 aliphatic carbocycles. The van der Waals surface area contributed by atoms with Crippen molar-refractivity contribution in [2.75, 3.05) is 26.3 Å². The van der Waals surface area contributed by atoms with Gasteiger partial charge in [-0.05, 0) is 19.8 Å². The summed E-state index contributed by atoms with van der Waals surface area (Å²) in [4.78, 5) is 24.7. The van der Waals surface area contributed by atoms with Gasteiger partial charge in [0.1, 0.15) is 6.54 Å². The maximum Gasteiger partial charge on any atom is 0.410 e. The first-order valence-electron chi connectivity index (χ1n) is 8.22. The van der Waals surface area contributed by atoms with Crippen LogP contribution in [-0.4, -0.2) is 43.3 Å². The number of hydrogen-bond donors (Lipinski definition) is 0. The van der Waals surface area contributed by atoms with E-state index in [1.54, 1.807) is 0 Å². The Hall–Kier alpha value is -1.26. The van der Waals surface area contributed by atoms with Gasteiger partial charge in [-0.15, -0.1) is 0 Å². The molecule has 0 fully saturated rings. The predicted octanol–water partition coefficient (Wildman–Crippen LogP) is 3.76. The molecule has 0 aromatic carbocycles. The maximum atomic E-state index is 11.7. The Bertz CT molecular complexity index is 281. The Balaban J connectivity index is 3.72. The van der Waals surface area contributed by atoms with Crippen molar-refractivity contribution in [1.29, 1.82) is 0 Å². The van der Waals surface area contributed by atoms with Crippen molar-refractivity contribution in [3.8, 4) is 0 Å². The summed E-state index contributed by atoms with van der Waals surface area (Å²) in [6, 6.07) is 0. The lowest BCUT2D eigenvalue weighted by molar-refractivity contribution is -0.144. The van der Waals surface area contributed by atoms with Gasteiger partial charge in [0, 0.05) is 6.54 Å². The SMILES string of the molecule is CCCCCCCCOC(=O)CN(CC)C(=O)OCCC. The molecule has 0 rings (SSSR count). The fourth-order valence-corrected chi connectivity index (χ4v) is 1.86. The van der Waals surface area contributed by atoms with E-state index in [-0.39, 0.29) is 12.5 Å². The molecule has 5 nitrogen and oxygen atoms in total. The molecule has 0 atom stereocenters. The van der Waals surface area contributed by atoms with Gasteiger partial charge in [0.05, 0.1) is 13.2 Å². The largest absolute Gasteiger partial charge is 0.464 e. The van der Waals surface area contributed by atoms with Gasteiger partial charge in [-0.3, -0.25) is 9.69 Å². The minimum absolute atomic E-state index is 0.0329. The molecule has 0 aromatic heterocycles. The summed E-state index contributed by atoms with van der Waals surface area (Å²) in [5, 5.41) is 0. The number of carbonyl (C=O) groups excluding carboxylic acids is 2. The Kier molecular flexibility index (Phi) is 12.9. The lowest BCUT2D eigenvalue weighted by atomic mass is 10.1. The lowest BCUT2D eigenvalue weighted by Crippen LogP contribution is -2.36. The van der Waals surface area contributed by atoms with Crippen LogP contribution in [0.1, 0.15) is 65.7 Å². The number of ether oxygens (including phenoxy) is 2. The molecule has 5 heteroatoms. The van der Waals surface area contributed by atoms with Crippen LogP contribution >= 0.6 is 0 Å². The molecule has 0 saturated heterocycles. The molecule has 124 valence electrons. The number of hydrogen-bond acceptors (Lipinski definition) is 4. The standard InChI is InChI=1S/C16H31NO4/c1-4-7-8-9-10-11-13-20-15(18)14-17(6-3)16(19)21-12-5-2/h4-14H2,1-3H3. The third kappa shape index (κ3) is 11.1. The summed E-state index contributed by atoms with van der Waals surface area (Å²) in [7, 11) is 0. The van der Waals surface area contributed by atoms with Gasteiger partial charge < -0.3 is 9.47 Å². The summed E-state index contributed by atoms with van der Waals surface area (Å²) in [6.07, 6.45) is 7.24. The molecular formula is C16H31NO4. The van der Waals surface area contributed by atoms with Crippen molar-refractivity contribution in [3.05, 3.63) is 0 Å². The van der Waals surface area contributed by atoms with Crippen LogP contribution in [0.15, 0.2) is 0 Å². The van der Waals surface area contributed by atoms with Gasteiger partial charge in [-0.1, -0.05) is 46.0 Å². The normalized spacial score (nSPS) is 10.2. The number of likely N-dealkylation sites (N-methyl/N-ethyl adjacent to an activating group) is 1. The summed E-state index contributed by atoms with van der Waals surface area (Å²) in [5.74, 6) is -0.362. The highest BCUT2D eigenvalue weighted by Gasteiger charge is 2.17. The van der Waals surface area contributed by atoms with Gasteiger partial charge in [-0.25, -0.2) is 4.79 Å². The second-order valence-electron chi connectivity index (χ2n) is 5.12. The molecule has 0 aliphatic heterocycles. The fraction of sp³-hybridized carbons (Fsp3) is 0.875. The van der Waals surface area contributed by atoms with E-state index in [1.165, 1.54) is 30.6 Å². The molecule has 0 heterocycles. The molecule has 21 heavy (non-hydrogen) atoms. The summed E-state index contributed by atoms with van der Waals surface area (Å²) in [5.41, 5.74) is 0. The predicted molar refractivity (Wildman–Crippen MR) is 83.2 cm³/mol. The lowest BCUT2D eigenvalue weighted by Gasteiger charge is -2.19. The van der Waals surface area contributed by atoms with E-state index in [0.29, 0.717) is 19.8 Å². The van der Waals surface area contributed by atoms with Crippen LogP contribution < -0.4 is 0 Å². The van der Waals surface area contributed by atoms with Crippen molar-refractivity contribution in [3.63, 3.8) is 0 Å². The molecule has 0 aromatic rings. The van der Waals surface area contributed by atoms with E-state index < -0.39 is 6.09 Å². The summed E-state index contributed by atoms with van der Waals surface area (Å²) < 4.78 is 10.2. The van der Waals surface area contributed by atoms with E-state index in [2.05, 4.69) is 6.92 Å².